The first-order chi connectivity index (χ1) is 12.9. The van der Waals surface area contributed by atoms with Crippen LogP contribution in [0.2, 0.25) is 10.0 Å². The fraction of sp³-hybridized carbons (Fsp3) is 0.0588. The fourth-order valence-electron chi connectivity index (χ4n) is 2.20. The van der Waals surface area contributed by atoms with Gasteiger partial charge in [0, 0.05) is 29.7 Å². The molecule has 0 aliphatic rings. The maximum atomic E-state index is 10.8. The molecule has 8 nitrogen and oxygen atoms in total. The molecule has 2 heterocycles. The SMILES string of the molecule is O=C(O)CNc1nc(Nc2cc(Cl)c(O)c(Cl)c2)cc(-c2ccncc2)n1. The number of phenolic OH excluding ortho intramolecular Hbond substituents is 1. The molecular formula is C17H13Cl2N5O3. The third-order valence-electron chi connectivity index (χ3n) is 3.39. The normalized spacial score (nSPS) is 10.4. The number of aliphatic carboxylic acids is 1. The quantitative estimate of drug-likeness (QED) is 0.457. The standard InChI is InChI=1S/C17H13Cl2N5O3/c18-11-5-10(6-12(19)16(11)27)22-14-7-13(9-1-3-20-4-2-9)23-17(24-14)21-8-15(25)26/h1-7,27H,8H2,(H,25,26)(H2,21,22,23,24). The summed E-state index contributed by atoms with van der Waals surface area (Å²) in [5.74, 6) is -0.750. The lowest BCUT2D eigenvalue weighted by molar-refractivity contribution is -0.134. The molecule has 0 amide bonds. The zero-order chi connectivity index (χ0) is 19.4. The number of rotatable bonds is 6. The first-order valence-electron chi connectivity index (χ1n) is 7.62. The Labute approximate surface area is 163 Å². The van der Waals surface area contributed by atoms with Crippen molar-refractivity contribution in [2.24, 2.45) is 0 Å². The lowest BCUT2D eigenvalue weighted by Crippen LogP contribution is -2.15. The van der Waals surface area contributed by atoms with Crippen LogP contribution in [0.5, 0.6) is 5.75 Å². The van der Waals surface area contributed by atoms with E-state index < -0.39 is 5.97 Å². The number of hydrogen-bond acceptors (Lipinski definition) is 7. The average molecular weight is 406 g/mol. The van der Waals surface area contributed by atoms with E-state index in [-0.39, 0.29) is 28.3 Å². The number of aromatic nitrogens is 3. The van der Waals surface area contributed by atoms with Crippen molar-refractivity contribution in [3.63, 3.8) is 0 Å². The van der Waals surface area contributed by atoms with Crippen LogP contribution in [0.4, 0.5) is 17.5 Å². The minimum atomic E-state index is -1.04. The van der Waals surface area contributed by atoms with Gasteiger partial charge in [-0.25, -0.2) is 4.98 Å². The smallest absolute Gasteiger partial charge is 0.322 e. The van der Waals surface area contributed by atoms with Gasteiger partial charge >= 0.3 is 5.97 Å². The molecule has 0 atom stereocenters. The Kier molecular flexibility index (Phi) is 5.58. The average Bonchev–Trinajstić information content (AvgIpc) is 2.65. The van der Waals surface area contributed by atoms with Crippen LogP contribution in [0.1, 0.15) is 0 Å². The largest absolute Gasteiger partial charge is 0.505 e. The van der Waals surface area contributed by atoms with Crippen molar-refractivity contribution in [1.29, 1.82) is 0 Å². The summed E-state index contributed by atoms with van der Waals surface area (Å²) in [6, 6.07) is 8.18. The molecule has 0 saturated heterocycles. The molecule has 1 aromatic carbocycles. The highest BCUT2D eigenvalue weighted by Crippen LogP contribution is 2.35. The minimum absolute atomic E-state index is 0.0811. The summed E-state index contributed by atoms with van der Waals surface area (Å²) >= 11 is 11.9. The zero-order valence-electron chi connectivity index (χ0n) is 13.6. The number of halogens is 2. The summed E-state index contributed by atoms with van der Waals surface area (Å²) in [6.07, 6.45) is 3.24. The van der Waals surface area contributed by atoms with Crippen LogP contribution in [0.15, 0.2) is 42.7 Å². The number of aromatic hydroxyl groups is 1. The fourth-order valence-corrected chi connectivity index (χ4v) is 2.69. The first kappa shape index (κ1) is 18.7. The van der Waals surface area contributed by atoms with Crippen molar-refractivity contribution in [3.05, 3.63) is 52.8 Å². The third-order valence-corrected chi connectivity index (χ3v) is 3.97. The van der Waals surface area contributed by atoms with E-state index >= 15 is 0 Å². The number of carboxylic acid groups (broad SMARTS) is 1. The van der Waals surface area contributed by atoms with Gasteiger partial charge in [-0.05, 0) is 24.3 Å². The molecule has 0 aliphatic carbocycles. The highest BCUT2D eigenvalue weighted by atomic mass is 35.5. The lowest BCUT2D eigenvalue weighted by atomic mass is 10.2. The summed E-state index contributed by atoms with van der Waals surface area (Å²) in [6.45, 7) is -0.337. The van der Waals surface area contributed by atoms with Crippen molar-refractivity contribution < 1.29 is 15.0 Å². The molecule has 27 heavy (non-hydrogen) atoms. The number of pyridine rings is 1. The van der Waals surface area contributed by atoms with E-state index in [9.17, 15) is 9.90 Å². The van der Waals surface area contributed by atoms with Crippen LogP contribution in [0, 0.1) is 0 Å². The number of anilines is 3. The number of phenols is 1. The molecule has 0 radical (unpaired) electrons. The van der Waals surface area contributed by atoms with Gasteiger partial charge in [-0.2, -0.15) is 4.98 Å². The Morgan fingerprint density at radius 1 is 1.07 bits per heavy atom. The van der Waals surface area contributed by atoms with Crippen molar-refractivity contribution in [2.75, 3.05) is 17.2 Å². The monoisotopic (exact) mass is 405 g/mol. The lowest BCUT2D eigenvalue weighted by Gasteiger charge is -2.12. The molecule has 4 N–H and O–H groups in total. The van der Waals surface area contributed by atoms with Crippen molar-refractivity contribution >= 4 is 46.6 Å². The second-order valence-corrected chi connectivity index (χ2v) is 6.17. The minimum Gasteiger partial charge on any atom is -0.505 e. The van der Waals surface area contributed by atoms with E-state index in [1.54, 1.807) is 30.6 Å². The Morgan fingerprint density at radius 3 is 2.37 bits per heavy atom. The van der Waals surface area contributed by atoms with E-state index in [1.807, 2.05) is 0 Å². The Bertz CT molecular complexity index is 963. The van der Waals surface area contributed by atoms with E-state index in [0.717, 1.165) is 5.56 Å². The molecule has 2 aromatic heterocycles. The Balaban J connectivity index is 1.98. The number of carboxylic acids is 1. The summed E-state index contributed by atoms with van der Waals surface area (Å²) < 4.78 is 0. The number of nitrogens with one attached hydrogen (secondary N) is 2. The second kappa shape index (κ2) is 8.07. The summed E-state index contributed by atoms with van der Waals surface area (Å²) in [5.41, 5.74) is 1.82. The Morgan fingerprint density at radius 2 is 1.74 bits per heavy atom. The topological polar surface area (TPSA) is 120 Å². The second-order valence-electron chi connectivity index (χ2n) is 5.36. The van der Waals surface area contributed by atoms with Gasteiger partial charge in [0.1, 0.15) is 12.4 Å². The van der Waals surface area contributed by atoms with Crippen molar-refractivity contribution in [2.45, 2.75) is 0 Å². The molecule has 0 bridgehead atoms. The van der Waals surface area contributed by atoms with Gasteiger partial charge in [0.2, 0.25) is 5.95 Å². The number of nitrogens with zero attached hydrogens (tertiary/aromatic N) is 3. The van der Waals surface area contributed by atoms with E-state index in [4.69, 9.17) is 28.3 Å². The molecular weight excluding hydrogens is 393 g/mol. The van der Waals surface area contributed by atoms with Crippen LogP contribution in [0.25, 0.3) is 11.3 Å². The highest BCUT2D eigenvalue weighted by Gasteiger charge is 2.11. The number of benzene rings is 1. The molecule has 0 saturated carbocycles. The maximum absolute atomic E-state index is 10.8. The van der Waals surface area contributed by atoms with Gasteiger partial charge in [-0.15, -0.1) is 0 Å². The van der Waals surface area contributed by atoms with E-state index in [2.05, 4.69) is 25.6 Å². The van der Waals surface area contributed by atoms with Crippen molar-refractivity contribution in [3.8, 4) is 17.0 Å². The molecule has 3 aromatic rings. The third kappa shape index (κ3) is 4.75. The predicted octanol–water partition coefficient (Wildman–Crippen LogP) is 3.79. The van der Waals surface area contributed by atoms with Crippen molar-refractivity contribution in [1.82, 2.24) is 15.0 Å². The molecule has 0 aliphatic heterocycles. The van der Waals surface area contributed by atoms with E-state index in [1.165, 1.54) is 12.1 Å². The predicted molar refractivity (Wildman–Crippen MR) is 103 cm³/mol. The molecule has 0 unspecified atom stereocenters. The van der Waals surface area contributed by atoms with Gasteiger partial charge in [0.25, 0.3) is 0 Å². The van der Waals surface area contributed by atoms with Crippen LogP contribution in [-0.4, -0.2) is 37.7 Å². The molecule has 0 spiro atoms. The molecule has 0 fully saturated rings. The van der Waals surface area contributed by atoms with E-state index in [0.29, 0.717) is 17.2 Å². The summed E-state index contributed by atoms with van der Waals surface area (Å²) in [7, 11) is 0. The molecule has 10 heteroatoms. The first-order valence-corrected chi connectivity index (χ1v) is 8.38. The van der Waals surface area contributed by atoms with Gasteiger partial charge in [-0.1, -0.05) is 23.2 Å². The van der Waals surface area contributed by atoms with Gasteiger partial charge in [0.05, 0.1) is 15.7 Å². The van der Waals surface area contributed by atoms with Gasteiger partial charge in [0.15, 0.2) is 5.75 Å². The van der Waals surface area contributed by atoms with Crippen LogP contribution in [0.3, 0.4) is 0 Å². The van der Waals surface area contributed by atoms with Gasteiger partial charge < -0.3 is 20.8 Å². The molecule has 138 valence electrons. The van der Waals surface area contributed by atoms with Crippen LogP contribution in [-0.2, 0) is 4.79 Å². The molecule has 3 rings (SSSR count). The summed E-state index contributed by atoms with van der Waals surface area (Å²) in [4.78, 5) is 23.3. The number of carbonyl (C=O) groups is 1. The maximum Gasteiger partial charge on any atom is 0.322 e. The van der Waals surface area contributed by atoms with Crippen LogP contribution >= 0.6 is 23.2 Å². The van der Waals surface area contributed by atoms with Gasteiger partial charge in [-0.3, -0.25) is 9.78 Å². The highest BCUT2D eigenvalue weighted by molar-refractivity contribution is 6.37. The van der Waals surface area contributed by atoms with Crippen LogP contribution < -0.4 is 10.6 Å². The Hall–Kier alpha value is -3.10. The summed E-state index contributed by atoms with van der Waals surface area (Å²) in [5, 5.41) is 24.3. The zero-order valence-corrected chi connectivity index (χ0v) is 15.2. The number of hydrogen-bond donors (Lipinski definition) is 4.